The Morgan fingerprint density at radius 1 is 1.03 bits per heavy atom. The molecule has 162 valence electrons. The van der Waals surface area contributed by atoms with Gasteiger partial charge in [-0.2, -0.15) is 0 Å². The number of benzene rings is 2. The molecule has 1 aliphatic rings. The number of likely N-dealkylation sites (tertiary alicyclic amines) is 1. The first-order chi connectivity index (χ1) is 15.0. The summed E-state index contributed by atoms with van der Waals surface area (Å²) in [7, 11) is -3.62. The summed E-state index contributed by atoms with van der Waals surface area (Å²) in [6.07, 6.45) is 3.90. The first-order valence-corrected chi connectivity index (χ1v) is 12.9. The van der Waals surface area contributed by atoms with Crippen molar-refractivity contribution in [1.82, 2.24) is 9.62 Å². The van der Waals surface area contributed by atoms with Crippen LogP contribution in [0.1, 0.15) is 40.1 Å². The van der Waals surface area contributed by atoms with Crippen LogP contribution in [0.3, 0.4) is 0 Å². The molecule has 5 nitrogen and oxygen atoms in total. The van der Waals surface area contributed by atoms with E-state index in [2.05, 4.69) is 16.9 Å². The summed E-state index contributed by atoms with van der Waals surface area (Å²) in [5.74, 6) is -0.0222. The standard InChI is InChI=1S/C24H26N2O3S2/c27-24(26-16-4-8-21(26)13-10-19-6-2-1-3-7-19)20-11-14-23(15-12-20)31(28,29)25-18-22-9-5-17-30-22/h1-3,5-7,9,11-12,14-15,17,21,25H,4,8,10,13,16,18H2. The van der Waals surface area contributed by atoms with Crippen LogP contribution in [0, 0.1) is 0 Å². The highest BCUT2D eigenvalue weighted by Crippen LogP contribution is 2.24. The highest BCUT2D eigenvalue weighted by molar-refractivity contribution is 7.89. The molecule has 1 N–H and O–H groups in total. The number of nitrogens with zero attached hydrogens (tertiary/aromatic N) is 1. The Hall–Kier alpha value is -2.48. The highest BCUT2D eigenvalue weighted by Gasteiger charge is 2.29. The van der Waals surface area contributed by atoms with E-state index in [-0.39, 0.29) is 23.4 Å². The number of sulfonamides is 1. The van der Waals surface area contributed by atoms with Crippen molar-refractivity contribution in [3.8, 4) is 0 Å². The maximum atomic E-state index is 13.1. The van der Waals surface area contributed by atoms with Crippen molar-refractivity contribution in [3.63, 3.8) is 0 Å². The molecule has 1 fully saturated rings. The van der Waals surface area contributed by atoms with E-state index < -0.39 is 10.0 Å². The summed E-state index contributed by atoms with van der Waals surface area (Å²) in [6.45, 7) is 1.01. The van der Waals surface area contributed by atoms with Crippen LogP contribution in [-0.2, 0) is 23.0 Å². The Labute approximate surface area is 187 Å². The molecule has 0 radical (unpaired) electrons. The van der Waals surface area contributed by atoms with E-state index in [9.17, 15) is 13.2 Å². The molecule has 4 rings (SSSR count). The Bertz CT molecular complexity index is 1100. The molecule has 1 saturated heterocycles. The van der Waals surface area contributed by atoms with E-state index in [1.165, 1.54) is 29.0 Å². The second kappa shape index (κ2) is 9.77. The molecule has 7 heteroatoms. The zero-order valence-electron chi connectivity index (χ0n) is 17.2. The summed E-state index contributed by atoms with van der Waals surface area (Å²) in [6, 6.07) is 20.6. The van der Waals surface area contributed by atoms with Gasteiger partial charge in [0.1, 0.15) is 0 Å². The molecular formula is C24H26N2O3S2. The Morgan fingerprint density at radius 2 is 1.81 bits per heavy atom. The van der Waals surface area contributed by atoms with Gasteiger partial charge in [0.25, 0.3) is 5.91 Å². The van der Waals surface area contributed by atoms with Crippen molar-refractivity contribution < 1.29 is 13.2 Å². The summed E-state index contributed by atoms with van der Waals surface area (Å²) >= 11 is 1.50. The Kier molecular flexibility index (Phi) is 6.85. The van der Waals surface area contributed by atoms with Gasteiger partial charge >= 0.3 is 0 Å². The predicted molar refractivity (Wildman–Crippen MR) is 124 cm³/mol. The van der Waals surface area contributed by atoms with E-state index in [1.807, 2.05) is 40.6 Å². The van der Waals surface area contributed by atoms with Crippen molar-refractivity contribution in [2.75, 3.05) is 6.54 Å². The lowest BCUT2D eigenvalue weighted by Gasteiger charge is -2.25. The topological polar surface area (TPSA) is 66.5 Å². The number of aryl methyl sites for hydroxylation is 1. The van der Waals surface area contributed by atoms with Gasteiger partial charge in [-0.1, -0.05) is 36.4 Å². The van der Waals surface area contributed by atoms with Gasteiger partial charge in [0.2, 0.25) is 10.0 Å². The average molecular weight is 455 g/mol. The number of hydrogen-bond acceptors (Lipinski definition) is 4. The lowest BCUT2D eigenvalue weighted by Crippen LogP contribution is -2.35. The normalized spacial score (nSPS) is 16.5. The molecule has 3 aromatic rings. The number of nitrogens with one attached hydrogen (secondary N) is 1. The van der Waals surface area contributed by atoms with E-state index in [1.54, 1.807) is 12.1 Å². The van der Waals surface area contributed by atoms with Crippen LogP contribution in [0.2, 0.25) is 0 Å². The minimum Gasteiger partial charge on any atom is -0.336 e. The van der Waals surface area contributed by atoms with Crippen LogP contribution in [0.4, 0.5) is 0 Å². The largest absolute Gasteiger partial charge is 0.336 e. The van der Waals surface area contributed by atoms with E-state index in [4.69, 9.17) is 0 Å². The van der Waals surface area contributed by atoms with Crippen LogP contribution in [0.15, 0.2) is 77.0 Å². The van der Waals surface area contributed by atoms with Gasteiger partial charge in [-0.05, 0) is 67.0 Å². The second-order valence-electron chi connectivity index (χ2n) is 7.75. The fourth-order valence-corrected chi connectivity index (χ4v) is 5.73. The number of rotatable bonds is 8. The maximum Gasteiger partial charge on any atom is 0.254 e. The van der Waals surface area contributed by atoms with Crippen LogP contribution >= 0.6 is 11.3 Å². The highest BCUT2D eigenvalue weighted by atomic mass is 32.2. The molecule has 0 saturated carbocycles. The Balaban J connectivity index is 1.39. The van der Waals surface area contributed by atoms with Gasteiger partial charge in [0, 0.05) is 29.6 Å². The summed E-state index contributed by atoms with van der Waals surface area (Å²) < 4.78 is 27.7. The lowest BCUT2D eigenvalue weighted by atomic mass is 10.0. The van der Waals surface area contributed by atoms with Crippen molar-refractivity contribution in [1.29, 1.82) is 0 Å². The molecule has 0 bridgehead atoms. The molecule has 0 aliphatic carbocycles. The molecule has 31 heavy (non-hydrogen) atoms. The van der Waals surface area contributed by atoms with Crippen LogP contribution in [0.5, 0.6) is 0 Å². The second-order valence-corrected chi connectivity index (χ2v) is 10.5. The van der Waals surface area contributed by atoms with Gasteiger partial charge in [-0.3, -0.25) is 4.79 Å². The third kappa shape index (κ3) is 5.42. The predicted octanol–water partition coefficient (Wildman–Crippen LogP) is 4.46. The average Bonchev–Trinajstić information content (AvgIpc) is 3.49. The van der Waals surface area contributed by atoms with Gasteiger partial charge in [0.15, 0.2) is 0 Å². The molecule has 1 atom stereocenters. The molecule has 1 amide bonds. The van der Waals surface area contributed by atoms with E-state index in [0.717, 1.165) is 37.1 Å². The number of thiophene rings is 1. The third-order valence-corrected chi connectivity index (χ3v) is 7.97. The summed E-state index contributed by atoms with van der Waals surface area (Å²) in [5.41, 5.74) is 1.82. The molecule has 2 aromatic carbocycles. The molecule has 1 aliphatic heterocycles. The molecule has 2 heterocycles. The van der Waals surface area contributed by atoms with Crippen LogP contribution in [-0.4, -0.2) is 31.8 Å². The van der Waals surface area contributed by atoms with Gasteiger partial charge in [0.05, 0.1) is 4.90 Å². The van der Waals surface area contributed by atoms with Gasteiger partial charge in [-0.25, -0.2) is 13.1 Å². The molecular weight excluding hydrogens is 428 g/mol. The number of amides is 1. The van der Waals surface area contributed by atoms with Gasteiger partial charge < -0.3 is 4.90 Å². The van der Waals surface area contributed by atoms with Crippen molar-refractivity contribution in [2.24, 2.45) is 0 Å². The van der Waals surface area contributed by atoms with E-state index in [0.29, 0.717) is 5.56 Å². The van der Waals surface area contributed by atoms with Crippen LogP contribution in [0.25, 0.3) is 0 Å². The van der Waals surface area contributed by atoms with Crippen molar-refractivity contribution >= 4 is 27.3 Å². The number of carbonyl (C=O) groups is 1. The van der Waals surface area contributed by atoms with Crippen molar-refractivity contribution in [3.05, 3.63) is 88.1 Å². The third-order valence-electron chi connectivity index (χ3n) is 5.68. The minimum absolute atomic E-state index is 0.0222. The van der Waals surface area contributed by atoms with Crippen molar-refractivity contribution in [2.45, 2.75) is 43.2 Å². The fraction of sp³-hybridized carbons (Fsp3) is 0.292. The lowest BCUT2D eigenvalue weighted by molar-refractivity contribution is 0.0730. The zero-order chi connectivity index (χ0) is 21.7. The Morgan fingerprint density at radius 3 is 2.52 bits per heavy atom. The fourth-order valence-electron chi connectivity index (χ4n) is 3.99. The molecule has 1 aromatic heterocycles. The number of hydrogen-bond donors (Lipinski definition) is 1. The minimum atomic E-state index is -3.62. The maximum absolute atomic E-state index is 13.1. The first kappa shape index (κ1) is 21.7. The summed E-state index contributed by atoms with van der Waals surface area (Å²) in [5, 5.41) is 1.91. The smallest absolute Gasteiger partial charge is 0.254 e. The molecule has 0 spiro atoms. The SMILES string of the molecule is O=C(c1ccc(S(=O)(=O)NCc2cccs2)cc1)N1CCCC1CCc1ccccc1. The summed E-state index contributed by atoms with van der Waals surface area (Å²) in [4.78, 5) is 16.1. The van der Waals surface area contributed by atoms with E-state index >= 15 is 0 Å². The monoisotopic (exact) mass is 454 g/mol. The zero-order valence-corrected chi connectivity index (χ0v) is 18.9. The number of carbonyl (C=O) groups excluding carboxylic acids is 1. The van der Waals surface area contributed by atoms with Crippen LogP contribution < -0.4 is 4.72 Å². The quantitative estimate of drug-likeness (QED) is 0.546. The van der Waals surface area contributed by atoms with Gasteiger partial charge in [-0.15, -0.1) is 11.3 Å². The molecule has 1 unspecified atom stereocenters. The first-order valence-electron chi connectivity index (χ1n) is 10.5.